The Morgan fingerprint density at radius 2 is 0.861 bits per heavy atom. The minimum Gasteiger partial charge on any atom is -0.311 e. The van der Waals surface area contributed by atoms with Gasteiger partial charge in [0.15, 0.2) is 23.2 Å². The molecule has 0 N–H and O–H groups in total. The lowest BCUT2D eigenvalue weighted by Crippen LogP contribution is -2.61. The maximum absolute atomic E-state index is 8.12. The van der Waals surface area contributed by atoms with Gasteiger partial charge >= 0.3 is 0 Å². The number of para-hydroxylation sites is 5. The molecule has 8 heteroatoms. The van der Waals surface area contributed by atoms with E-state index >= 15 is 0 Å². The van der Waals surface area contributed by atoms with Crippen molar-refractivity contribution in [1.82, 2.24) is 19.5 Å². The molecule has 0 atom stereocenters. The number of fused-ring (bicyclic) bond motifs is 7. The van der Waals surface area contributed by atoms with Crippen LogP contribution >= 0.6 is 0 Å². The molecule has 10 aromatic carbocycles. The fourth-order valence-corrected chi connectivity index (χ4v) is 11.1. The number of nitrogens with zero attached hydrogens (tertiary/aromatic N) is 7. The van der Waals surface area contributed by atoms with Crippen molar-refractivity contribution in [3.63, 3.8) is 0 Å². The molecule has 7 nitrogen and oxygen atoms in total. The normalized spacial score (nSPS) is 12.3. The zero-order valence-corrected chi connectivity index (χ0v) is 38.8. The largest absolute Gasteiger partial charge is 0.311 e. The number of benzene rings is 10. The van der Waals surface area contributed by atoms with Gasteiger partial charge in [-0.3, -0.25) is 0 Å². The van der Waals surface area contributed by atoms with Crippen molar-refractivity contribution in [1.29, 1.82) is 0 Å². The average molecular weight is 918 g/mol. The van der Waals surface area contributed by atoms with Crippen LogP contribution in [0.25, 0.3) is 77.6 Å². The van der Waals surface area contributed by atoms with E-state index in [2.05, 4.69) is 183 Å². The molecule has 0 unspecified atom stereocenters. The minimum absolute atomic E-state index is 0.0252. The second kappa shape index (κ2) is 16.7. The fourth-order valence-electron chi connectivity index (χ4n) is 11.1. The third kappa shape index (κ3) is 6.56. The van der Waals surface area contributed by atoms with Gasteiger partial charge in [-0.2, -0.15) is 0 Å². The van der Waals surface area contributed by atoms with Crippen molar-refractivity contribution in [3.8, 4) is 51.0 Å². The van der Waals surface area contributed by atoms with E-state index in [0.717, 1.165) is 78.1 Å². The van der Waals surface area contributed by atoms with Crippen LogP contribution < -0.4 is 26.2 Å². The van der Waals surface area contributed by atoms with Gasteiger partial charge < -0.3 is 14.4 Å². The molecular formula is C64H40BN7. The number of hydrogen-bond acceptors (Lipinski definition) is 5. The number of anilines is 6. The Balaban J connectivity index is 1.00. The molecule has 0 radical (unpaired) electrons. The second-order valence-electron chi connectivity index (χ2n) is 18.3. The number of hydrogen-bond donors (Lipinski definition) is 0. The van der Waals surface area contributed by atoms with Crippen molar-refractivity contribution in [2.75, 3.05) is 9.80 Å². The van der Waals surface area contributed by atoms with E-state index < -0.39 is 0 Å². The first-order valence-electron chi connectivity index (χ1n) is 24.2. The SMILES string of the molecule is [C-]#[N+]c1ccc(-n2c3ccccc3c3cc(-c4cc5c6c(c4)N(c4ccccc4)c4ccccc4B6c4ccccc4N5c4ccccc4)ccc32)c(-c2nc(-c3ccccc3)nc(-c3ccccc3)n2)c1. The van der Waals surface area contributed by atoms with E-state index in [9.17, 15) is 0 Å². The van der Waals surface area contributed by atoms with Gasteiger partial charge in [-0.15, -0.1) is 0 Å². The van der Waals surface area contributed by atoms with Crippen LogP contribution in [0.5, 0.6) is 0 Å². The highest BCUT2D eigenvalue weighted by Gasteiger charge is 2.43. The Morgan fingerprint density at radius 1 is 0.361 bits per heavy atom. The van der Waals surface area contributed by atoms with Crippen molar-refractivity contribution in [2.45, 2.75) is 0 Å². The Kier molecular flexibility index (Phi) is 9.54. The predicted octanol–water partition coefficient (Wildman–Crippen LogP) is 14.3. The smallest absolute Gasteiger partial charge is 0.252 e. The first-order valence-corrected chi connectivity index (χ1v) is 24.2. The molecule has 0 saturated heterocycles. The quantitative estimate of drug-likeness (QED) is 0.118. The first-order chi connectivity index (χ1) is 35.7. The van der Waals surface area contributed by atoms with Gasteiger partial charge in [0.2, 0.25) is 0 Å². The Bertz CT molecular complexity index is 3960. The third-order valence-corrected chi connectivity index (χ3v) is 14.2. The van der Waals surface area contributed by atoms with Gasteiger partial charge in [0.05, 0.1) is 23.3 Å². The second-order valence-corrected chi connectivity index (χ2v) is 18.3. The lowest BCUT2D eigenvalue weighted by atomic mass is 9.33. The minimum atomic E-state index is 0.0252. The average Bonchev–Trinajstić information content (AvgIpc) is 3.79. The van der Waals surface area contributed by atoms with Crippen LogP contribution in [-0.2, 0) is 0 Å². The summed E-state index contributed by atoms with van der Waals surface area (Å²) in [6, 6.07) is 85.4. The summed E-state index contributed by atoms with van der Waals surface area (Å²) in [5.74, 6) is 1.61. The van der Waals surface area contributed by atoms with Gasteiger partial charge in [0, 0.05) is 61.6 Å². The zero-order chi connectivity index (χ0) is 47.7. The lowest BCUT2D eigenvalue weighted by Gasteiger charge is -2.44. The number of aromatic nitrogens is 4. The van der Waals surface area contributed by atoms with Crippen molar-refractivity contribution in [3.05, 3.63) is 254 Å². The van der Waals surface area contributed by atoms with Crippen molar-refractivity contribution in [2.24, 2.45) is 0 Å². The van der Waals surface area contributed by atoms with E-state index in [1.165, 1.54) is 27.8 Å². The van der Waals surface area contributed by atoms with Gasteiger partial charge in [0.25, 0.3) is 6.71 Å². The summed E-state index contributed by atoms with van der Waals surface area (Å²) in [7, 11) is 0. The molecule has 2 aliphatic heterocycles. The molecular weight excluding hydrogens is 878 g/mol. The van der Waals surface area contributed by atoms with E-state index in [1.807, 2.05) is 78.9 Å². The maximum Gasteiger partial charge on any atom is 0.252 e. The molecule has 4 heterocycles. The van der Waals surface area contributed by atoms with E-state index in [0.29, 0.717) is 23.2 Å². The molecule has 0 bridgehead atoms. The maximum atomic E-state index is 8.12. The van der Waals surface area contributed by atoms with Crippen LogP contribution in [0.4, 0.5) is 39.8 Å². The molecule has 14 rings (SSSR count). The summed E-state index contributed by atoms with van der Waals surface area (Å²) < 4.78 is 2.30. The summed E-state index contributed by atoms with van der Waals surface area (Å²) in [6.07, 6.45) is 0. The fraction of sp³-hybridized carbons (Fsp3) is 0. The summed E-state index contributed by atoms with van der Waals surface area (Å²) in [5, 5.41) is 2.22. The van der Waals surface area contributed by atoms with Gasteiger partial charge in [-0.1, -0.05) is 164 Å². The monoisotopic (exact) mass is 917 g/mol. The van der Waals surface area contributed by atoms with E-state index in [4.69, 9.17) is 21.5 Å². The van der Waals surface area contributed by atoms with Crippen LogP contribution in [0.1, 0.15) is 0 Å². The molecule has 0 aliphatic carbocycles. The van der Waals surface area contributed by atoms with Gasteiger partial charge in [-0.05, 0) is 106 Å². The highest BCUT2D eigenvalue weighted by Crippen LogP contribution is 2.47. The third-order valence-electron chi connectivity index (χ3n) is 14.2. The molecule has 2 aromatic heterocycles. The van der Waals surface area contributed by atoms with Crippen LogP contribution in [-0.4, -0.2) is 26.2 Å². The van der Waals surface area contributed by atoms with Crippen LogP contribution in [0.15, 0.2) is 243 Å². The van der Waals surface area contributed by atoms with E-state index in [1.54, 1.807) is 0 Å². The molecule has 0 saturated carbocycles. The summed E-state index contributed by atoms with van der Waals surface area (Å²) in [5.41, 5.74) is 18.8. The van der Waals surface area contributed by atoms with Gasteiger partial charge in [0.1, 0.15) is 0 Å². The molecule has 12 aromatic rings. The van der Waals surface area contributed by atoms with Crippen LogP contribution in [0.2, 0.25) is 0 Å². The molecule has 334 valence electrons. The summed E-state index contributed by atoms with van der Waals surface area (Å²) in [6.45, 7) is 8.15. The highest BCUT2D eigenvalue weighted by atomic mass is 15.2. The highest BCUT2D eigenvalue weighted by molar-refractivity contribution is 7.00. The Hall–Kier alpha value is -9.84. The van der Waals surface area contributed by atoms with E-state index in [-0.39, 0.29) is 6.71 Å². The lowest BCUT2D eigenvalue weighted by molar-refractivity contribution is 1.06. The van der Waals surface area contributed by atoms with Gasteiger partial charge in [-0.25, -0.2) is 19.8 Å². The Morgan fingerprint density at radius 3 is 1.44 bits per heavy atom. The topological polar surface area (TPSA) is 54.4 Å². The van der Waals surface area contributed by atoms with Crippen LogP contribution in [0.3, 0.4) is 0 Å². The standard InChI is InChI=1S/C64H40BN7/c1-66-46-35-37-56(51(41-46)64-68-62(42-20-6-2-7-21-42)67-63(69-64)43-22-8-3-9-23-43)72-54-31-17-14-28-49(54)50-38-44(34-36-55(50)72)45-39-59-61-60(40-45)71(48-26-12-5-13-27-48)58-33-19-16-30-53(58)65(61)52-29-15-18-32-57(52)70(59)47-24-10-4-11-25-47/h2-41H. The summed E-state index contributed by atoms with van der Waals surface area (Å²) in [4.78, 5) is 24.1. The molecule has 0 fully saturated rings. The molecule has 0 spiro atoms. The Labute approximate surface area is 417 Å². The van der Waals surface area contributed by atoms with Crippen LogP contribution in [0, 0.1) is 6.57 Å². The predicted molar refractivity (Wildman–Crippen MR) is 296 cm³/mol. The first kappa shape index (κ1) is 41.2. The number of rotatable bonds is 7. The zero-order valence-electron chi connectivity index (χ0n) is 38.8. The molecule has 2 aliphatic rings. The molecule has 72 heavy (non-hydrogen) atoms. The summed E-state index contributed by atoms with van der Waals surface area (Å²) >= 11 is 0. The molecule has 0 amide bonds. The van der Waals surface area contributed by atoms with Crippen molar-refractivity contribution >= 4 is 84.7 Å². The van der Waals surface area contributed by atoms with Crippen molar-refractivity contribution < 1.29 is 0 Å².